The zero-order valence-corrected chi connectivity index (χ0v) is 11.5. The average Bonchev–Trinajstić information content (AvgIpc) is 2.26. The van der Waals surface area contributed by atoms with Gasteiger partial charge in [-0.05, 0) is 30.3 Å². The first kappa shape index (κ1) is 11.4. The first-order valence-electron chi connectivity index (χ1n) is 4.78. The molecule has 1 aliphatic rings. The highest BCUT2D eigenvalue weighted by molar-refractivity contribution is 9.10. The summed E-state index contributed by atoms with van der Waals surface area (Å²) in [5.74, 6) is 0.983. The molecule has 0 unspecified atom stereocenters. The Balaban J connectivity index is 2.14. The lowest BCUT2D eigenvalue weighted by molar-refractivity contribution is 0.452. The van der Waals surface area contributed by atoms with Crippen molar-refractivity contribution in [2.45, 2.75) is 9.79 Å². The second-order valence-electron chi connectivity index (χ2n) is 3.51. The molecule has 1 nitrogen and oxygen atoms in total. The normalized spacial score (nSPS) is 12.6. The molecule has 0 atom stereocenters. The summed E-state index contributed by atoms with van der Waals surface area (Å²) in [6.07, 6.45) is 0. The Morgan fingerprint density at radius 2 is 2.00 bits per heavy atom. The number of rotatable bonds is 0. The van der Waals surface area contributed by atoms with E-state index in [1.165, 1.54) is 23.9 Å². The Hall–Kier alpha value is -0.710. The Bertz CT molecular complexity index is 618. The largest absolute Gasteiger partial charge is 0.453 e. The monoisotopic (exact) mass is 330 g/mol. The van der Waals surface area contributed by atoms with Crippen molar-refractivity contribution < 1.29 is 9.13 Å². The highest BCUT2D eigenvalue weighted by Gasteiger charge is 2.21. The lowest BCUT2D eigenvalue weighted by Crippen LogP contribution is -1.96. The summed E-state index contributed by atoms with van der Waals surface area (Å²) in [6.45, 7) is 0. The molecule has 0 fully saturated rings. The van der Waals surface area contributed by atoms with Gasteiger partial charge in [-0.1, -0.05) is 39.3 Å². The maximum absolute atomic E-state index is 13.1. The Labute approximate surface area is 115 Å². The minimum atomic E-state index is -0.274. The van der Waals surface area contributed by atoms with Gasteiger partial charge in [-0.2, -0.15) is 0 Å². The van der Waals surface area contributed by atoms with Crippen molar-refractivity contribution >= 4 is 39.3 Å². The highest BCUT2D eigenvalue weighted by atomic mass is 79.9. The van der Waals surface area contributed by atoms with Crippen LogP contribution in [0.1, 0.15) is 0 Å². The smallest absolute Gasteiger partial charge is 0.160 e. The van der Waals surface area contributed by atoms with Gasteiger partial charge in [-0.15, -0.1) is 0 Å². The first-order valence-corrected chi connectivity index (χ1v) is 6.76. The molecule has 0 aromatic heterocycles. The van der Waals surface area contributed by atoms with Gasteiger partial charge in [0.2, 0.25) is 0 Å². The number of ether oxygens (including phenoxy) is 1. The second-order valence-corrected chi connectivity index (χ2v) is 5.92. The molecule has 2 aromatic rings. The van der Waals surface area contributed by atoms with E-state index >= 15 is 0 Å². The molecule has 2 aromatic carbocycles. The summed E-state index contributed by atoms with van der Waals surface area (Å²) in [5.41, 5.74) is 0. The van der Waals surface area contributed by atoms with Crippen LogP contribution in [0.15, 0.2) is 44.6 Å². The minimum absolute atomic E-state index is 0.274. The Kier molecular flexibility index (Phi) is 2.81. The summed E-state index contributed by atoms with van der Waals surface area (Å²) in [5, 5.41) is 0.539. The number of benzene rings is 2. The lowest BCUT2D eigenvalue weighted by atomic mass is 10.3. The van der Waals surface area contributed by atoms with Gasteiger partial charge in [0, 0.05) is 4.47 Å². The van der Waals surface area contributed by atoms with Gasteiger partial charge >= 0.3 is 0 Å². The highest BCUT2D eigenvalue weighted by Crippen LogP contribution is 2.50. The van der Waals surface area contributed by atoms with E-state index in [1.54, 1.807) is 12.1 Å². The van der Waals surface area contributed by atoms with E-state index < -0.39 is 0 Å². The van der Waals surface area contributed by atoms with E-state index in [1.807, 2.05) is 6.07 Å². The van der Waals surface area contributed by atoms with Crippen molar-refractivity contribution in [3.05, 3.63) is 45.6 Å². The Morgan fingerprint density at radius 3 is 2.82 bits per heavy atom. The maximum atomic E-state index is 13.1. The molecule has 0 radical (unpaired) electrons. The number of hydrogen-bond acceptors (Lipinski definition) is 2. The minimum Gasteiger partial charge on any atom is -0.453 e. The number of halogens is 3. The van der Waals surface area contributed by atoms with Gasteiger partial charge in [0.25, 0.3) is 0 Å². The molecule has 0 amide bonds. The molecule has 0 bridgehead atoms. The first-order chi connectivity index (χ1) is 8.13. The van der Waals surface area contributed by atoms with Crippen LogP contribution in [0.5, 0.6) is 11.5 Å². The third kappa shape index (κ3) is 2.05. The fraction of sp³-hybridized carbons (Fsp3) is 0. The van der Waals surface area contributed by atoms with Crippen LogP contribution < -0.4 is 4.74 Å². The van der Waals surface area contributed by atoms with Gasteiger partial charge in [0.1, 0.15) is 11.6 Å². The quantitative estimate of drug-likeness (QED) is 0.538. The molecular formula is C12H5BrClFOS. The van der Waals surface area contributed by atoms with Crippen molar-refractivity contribution in [3.63, 3.8) is 0 Å². The van der Waals surface area contributed by atoms with E-state index in [2.05, 4.69) is 15.9 Å². The molecule has 0 saturated heterocycles. The van der Waals surface area contributed by atoms with Crippen LogP contribution in [0.25, 0.3) is 0 Å². The van der Waals surface area contributed by atoms with E-state index in [0.29, 0.717) is 16.5 Å². The van der Waals surface area contributed by atoms with Crippen LogP contribution in [0.3, 0.4) is 0 Å². The Morgan fingerprint density at radius 1 is 1.18 bits per heavy atom. The summed E-state index contributed by atoms with van der Waals surface area (Å²) < 4.78 is 19.7. The van der Waals surface area contributed by atoms with Crippen LogP contribution >= 0.6 is 39.3 Å². The average molecular weight is 332 g/mol. The molecule has 3 rings (SSSR count). The maximum Gasteiger partial charge on any atom is 0.160 e. The van der Waals surface area contributed by atoms with Crippen molar-refractivity contribution in [1.82, 2.24) is 0 Å². The van der Waals surface area contributed by atoms with Crippen molar-refractivity contribution in [2.75, 3.05) is 0 Å². The fourth-order valence-electron chi connectivity index (χ4n) is 1.59. The molecule has 0 spiro atoms. The summed E-state index contributed by atoms with van der Waals surface area (Å²) in [7, 11) is 0. The third-order valence-corrected chi connectivity index (χ3v) is 4.11. The summed E-state index contributed by atoms with van der Waals surface area (Å²) in [6, 6.07) is 8.11. The van der Waals surface area contributed by atoms with Crippen molar-refractivity contribution in [3.8, 4) is 11.5 Å². The molecule has 0 aliphatic carbocycles. The van der Waals surface area contributed by atoms with Crippen LogP contribution in [0, 0.1) is 5.82 Å². The molecule has 0 saturated carbocycles. The standard InChI is InChI=1S/C12H5BrClFOS/c13-6-3-8(14)12-11(4-6)17-10-5-7(15)1-2-9(10)16-12/h1-5H. The van der Waals surface area contributed by atoms with E-state index in [4.69, 9.17) is 16.3 Å². The number of fused-ring (bicyclic) bond motifs is 2. The molecule has 1 heterocycles. The van der Waals surface area contributed by atoms with E-state index in [-0.39, 0.29) is 5.82 Å². The zero-order valence-electron chi connectivity index (χ0n) is 8.34. The zero-order chi connectivity index (χ0) is 12.0. The van der Waals surface area contributed by atoms with Gasteiger partial charge in [-0.25, -0.2) is 4.39 Å². The van der Waals surface area contributed by atoms with Crippen LogP contribution in [0.2, 0.25) is 5.02 Å². The lowest BCUT2D eigenvalue weighted by Gasteiger charge is -2.20. The van der Waals surface area contributed by atoms with Gasteiger partial charge < -0.3 is 4.74 Å². The molecule has 0 N–H and O–H groups in total. The molecule has 1 aliphatic heterocycles. The second kappa shape index (κ2) is 4.19. The summed E-state index contributed by atoms with van der Waals surface area (Å²) >= 11 is 10.9. The third-order valence-electron chi connectivity index (χ3n) is 2.31. The van der Waals surface area contributed by atoms with Crippen molar-refractivity contribution in [1.29, 1.82) is 0 Å². The molecular weight excluding hydrogens is 327 g/mol. The predicted octanol–water partition coefficient (Wildman–Crippen LogP) is 5.50. The van der Waals surface area contributed by atoms with Crippen LogP contribution in [-0.4, -0.2) is 0 Å². The summed E-state index contributed by atoms with van der Waals surface area (Å²) in [4.78, 5) is 1.63. The van der Waals surface area contributed by atoms with E-state index in [0.717, 1.165) is 14.3 Å². The van der Waals surface area contributed by atoms with Crippen LogP contribution in [-0.2, 0) is 0 Å². The topological polar surface area (TPSA) is 9.23 Å². The molecule has 5 heteroatoms. The molecule has 86 valence electrons. The van der Waals surface area contributed by atoms with Crippen LogP contribution in [0.4, 0.5) is 4.39 Å². The van der Waals surface area contributed by atoms with Gasteiger partial charge in [0.15, 0.2) is 5.75 Å². The SMILES string of the molecule is Fc1ccc2c(c1)Sc1cc(Br)cc(Cl)c1O2. The molecule has 17 heavy (non-hydrogen) atoms. The number of hydrogen-bond donors (Lipinski definition) is 0. The van der Waals surface area contributed by atoms with Crippen molar-refractivity contribution in [2.24, 2.45) is 0 Å². The van der Waals surface area contributed by atoms with E-state index in [9.17, 15) is 4.39 Å². The van der Waals surface area contributed by atoms with Gasteiger partial charge in [0.05, 0.1) is 14.8 Å². The fourth-order valence-corrected chi connectivity index (χ4v) is 3.69. The van der Waals surface area contributed by atoms with Gasteiger partial charge in [-0.3, -0.25) is 0 Å². The predicted molar refractivity (Wildman–Crippen MR) is 69.7 cm³/mol.